The van der Waals surface area contributed by atoms with Gasteiger partial charge in [-0.2, -0.15) is 5.26 Å². The number of Topliss-reactive ketones (excluding diaryl/α,β-unsaturated/α-hetero) is 1. The fourth-order valence-electron chi connectivity index (χ4n) is 2.74. The third-order valence-corrected chi connectivity index (χ3v) is 5.00. The highest BCUT2D eigenvalue weighted by Gasteiger charge is 2.24. The van der Waals surface area contributed by atoms with Crippen molar-refractivity contribution in [1.82, 2.24) is 14.8 Å². The number of rotatable bonds is 4. The number of aryl methyl sites for hydroxylation is 1. The minimum atomic E-state index is -3.33. The summed E-state index contributed by atoms with van der Waals surface area (Å²) >= 11 is 0. The topological polar surface area (TPSA) is 109 Å². The van der Waals surface area contributed by atoms with Crippen molar-refractivity contribution in [3.63, 3.8) is 0 Å². The van der Waals surface area contributed by atoms with E-state index in [4.69, 9.17) is 5.26 Å². The Bertz CT molecular complexity index is 942. The molecule has 1 aromatic carbocycles. The van der Waals surface area contributed by atoms with Crippen molar-refractivity contribution in [2.75, 3.05) is 17.1 Å². The highest BCUT2D eigenvalue weighted by Crippen LogP contribution is 2.30. The number of hydrogen-bond acceptors (Lipinski definition) is 6. The Morgan fingerprint density at radius 2 is 2.21 bits per heavy atom. The molecule has 124 valence electrons. The molecular formula is C15H15N5O3S. The second kappa shape index (κ2) is 6.05. The Hall–Kier alpha value is -2.73. The summed E-state index contributed by atoms with van der Waals surface area (Å²) in [6.07, 6.45) is 3.95. The van der Waals surface area contributed by atoms with Gasteiger partial charge >= 0.3 is 0 Å². The van der Waals surface area contributed by atoms with E-state index in [-0.39, 0.29) is 18.2 Å². The van der Waals surface area contributed by atoms with Crippen LogP contribution in [-0.4, -0.2) is 41.8 Å². The number of benzene rings is 1. The summed E-state index contributed by atoms with van der Waals surface area (Å²) < 4.78 is 26.4. The maximum Gasteiger partial charge on any atom is 0.252 e. The lowest BCUT2D eigenvalue weighted by Crippen LogP contribution is -2.34. The van der Waals surface area contributed by atoms with Crippen LogP contribution in [0.2, 0.25) is 0 Å². The lowest BCUT2D eigenvalue weighted by Gasteiger charge is -2.29. The number of ketones is 1. The Morgan fingerprint density at radius 1 is 1.42 bits per heavy atom. The van der Waals surface area contributed by atoms with Crippen LogP contribution in [0, 0.1) is 11.3 Å². The third-order valence-electron chi connectivity index (χ3n) is 3.82. The molecule has 1 aliphatic heterocycles. The number of carbonyl (C=O) groups excluding carboxylic acids is 1. The maximum absolute atomic E-state index is 12.4. The van der Waals surface area contributed by atoms with E-state index in [1.54, 1.807) is 24.3 Å². The van der Waals surface area contributed by atoms with Gasteiger partial charge in [0.1, 0.15) is 18.9 Å². The van der Waals surface area contributed by atoms with Crippen LogP contribution in [0.5, 0.6) is 0 Å². The van der Waals surface area contributed by atoms with E-state index in [9.17, 15) is 13.2 Å². The molecule has 0 N–H and O–H groups in total. The summed E-state index contributed by atoms with van der Waals surface area (Å²) in [5, 5.41) is 12.6. The van der Waals surface area contributed by atoms with Crippen molar-refractivity contribution in [2.45, 2.75) is 19.4 Å². The molecule has 24 heavy (non-hydrogen) atoms. The molecule has 0 saturated carbocycles. The number of anilines is 1. The van der Waals surface area contributed by atoms with Gasteiger partial charge in [0.25, 0.3) is 5.82 Å². The third kappa shape index (κ3) is 3.14. The number of nitriles is 1. The van der Waals surface area contributed by atoms with E-state index in [1.807, 2.05) is 0 Å². The number of carbonyl (C=O) groups is 1. The molecule has 0 amide bonds. The average molecular weight is 345 g/mol. The second-order valence-corrected chi connectivity index (χ2v) is 7.49. The predicted molar refractivity (Wildman–Crippen MR) is 86.0 cm³/mol. The highest BCUT2D eigenvalue weighted by atomic mass is 32.2. The molecule has 0 spiro atoms. The molecule has 0 radical (unpaired) electrons. The highest BCUT2D eigenvalue weighted by molar-refractivity contribution is 7.92. The lowest BCUT2D eigenvalue weighted by atomic mass is 9.99. The monoisotopic (exact) mass is 345 g/mol. The Kier molecular flexibility index (Phi) is 4.07. The van der Waals surface area contributed by atoms with Gasteiger partial charge in [-0.15, -0.1) is 5.10 Å². The summed E-state index contributed by atoms with van der Waals surface area (Å²) in [6, 6.07) is 6.83. The minimum Gasteiger partial charge on any atom is -0.292 e. The van der Waals surface area contributed by atoms with E-state index in [0.717, 1.165) is 12.0 Å². The zero-order valence-electron chi connectivity index (χ0n) is 13.0. The molecule has 0 aliphatic carbocycles. The van der Waals surface area contributed by atoms with Crippen molar-refractivity contribution in [3.8, 4) is 6.07 Å². The van der Waals surface area contributed by atoms with Crippen LogP contribution in [0.3, 0.4) is 0 Å². The number of fused-ring (bicyclic) bond motifs is 1. The van der Waals surface area contributed by atoms with Crippen LogP contribution in [0.15, 0.2) is 24.5 Å². The smallest absolute Gasteiger partial charge is 0.252 e. The fourth-order valence-corrected chi connectivity index (χ4v) is 3.74. The molecule has 2 aromatic rings. The number of nitrogens with zero attached hydrogens (tertiary/aromatic N) is 5. The SMILES string of the molecule is CS(=O)(=O)N1CCCc2cc(C(=O)Cn3cnc(C#N)n3)ccc21. The van der Waals surface area contributed by atoms with Crippen molar-refractivity contribution in [1.29, 1.82) is 5.26 Å². The summed E-state index contributed by atoms with van der Waals surface area (Å²) in [5.41, 5.74) is 1.96. The Balaban J connectivity index is 1.85. The van der Waals surface area contributed by atoms with Gasteiger partial charge < -0.3 is 0 Å². The number of aromatic nitrogens is 3. The summed E-state index contributed by atoms with van der Waals surface area (Å²) in [6.45, 7) is 0.429. The maximum atomic E-state index is 12.4. The number of sulfonamides is 1. The van der Waals surface area contributed by atoms with Gasteiger partial charge in [-0.3, -0.25) is 9.10 Å². The van der Waals surface area contributed by atoms with Gasteiger partial charge in [0, 0.05) is 12.1 Å². The molecule has 3 rings (SSSR count). The lowest BCUT2D eigenvalue weighted by molar-refractivity contribution is 0.0967. The van der Waals surface area contributed by atoms with Crippen molar-refractivity contribution < 1.29 is 13.2 Å². The van der Waals surface area contributed by atoms with E-state index in [2.05, 4.69) is 10.1 Å². The van der Waals surface area contributed by atoms with Crippen LogP contribution in [0.1, 0.15) is 28.2 Å². The average Bonchev–Trinajstić information content (AvgIpc) is 3.00. The van der Waals surface area contributed by atoms with Gasteiger partial charge in [0.05, 0.1) is 11.9 Å². The summed E-state index contributed by atoms with van der Waals surface area (Å²) in [4.78, 5) is 16.1. The molecule has 0 bridgehead atoms. The van der Waals surface area contributed by atoms with Crippen molar-refractivity contribution >= 4 is 21.5 Å². The van der Waals surface area contributed by atoms with Gasteiger partial charge in [0.2, 0.25) is 10.0 Å². The molecule has 1 aromatic heterocycles. The molecule has 0 fully saturated rings. The van der Waals surface area contributed by atoms with Gasteiger partial charge in [-0.1, -0.05) is 0 Å². The molecular weight excluding hydrogens is 330 g/mol. The van der Waals surface area contributed by atoms with Crippen LogP contribution < -0.4 is 4.31 Å². The van der Waals surface area contributed by atoms with Crippen LogP contribution in [0.25, 0.3) is 0 Å². The normalized spacial score (nSPS) is 14.1. The molecule has 0 atom stereocenters. The van der Waals surface area contributed by atoms with E-state index < -0.39 is 10.0 Å². The molecule has 0 saturated heterocycles. The molecule has 8 nitrogen and oxygen atoms in total. The molecule has 9 heteroatoms. The zero-order valence-corrected chi connectivity index (χ0v) is 13.8. The first kappa shape index (κ1) is 16.1. The quantitative estimate of drug-likeness (QED) is 0.756. The first-order chi connectivity index (χ1) is 11.4. The van der Waals surface area contributed by atoms with Crippen molar-refractivity contribution in [2.24, 2.45) is 0 Å². The summed E-state index contributed by atoms with van der Waals surface area (Å²) in [7, 11) is -3.33. The van der Waals surface area contributed by atoms with Gasteiger partial charge in [0.15, 0.2) is 5.78 Å². The van der Waals surface area contributed by atoms with Crippen LogP contribution in [0.4, 0.5) is 5.69 Å². The van der Waals surface area contributed by atoms with E-state index in [1.165, 1.54) is 21.6 Å². The first-order valence-corrected chi connectivity index (χ1v) is 9.17. The summed E-state index contributed by atoms with van der Waals surface area (Å²) in [5.74, 6) is -0.166. The van der Waals surface area contributed by atoms with E-state index >= 15 is 0 Å². The largest absolute Gasteiger partial charge is 0.292 e. The Labute approximate surface area is 139 Å². The number of hydrogen-bond donors (Lipinski definition) is 0. The molecule has 2 heterocycles. The van der Waals surface area contributed by atoms with E-state index in [0.29, 0.717) is 24.2 Å². The predicted octanol–water partition coefficient (Wildman–Crippen LogP) is 0.745. The van der Waals surface area contributed by atoms with Crippen LogP contribution >= 0.6 is 0 Å². The Morgan fingerprint density at radius 3 is 2.88 bits per heavy atom. The minimum absolute atomic E-state index is 0.0111. The second-order valence-electron chi connectivity index (χ2n) is 5.58. The molecule has 0 unspecified atom stereocenters. The van der Waals surface area contributed by atoms with Crippen molar-refractivity contribution in [3.05, 3.63) is 41.5 Å². The van der Waals surface area contributed by atoms with Gasteiger partial charge in [-0.25, -0.2) is 18.1 Å². The molecule has 1 aliphatic rings. The van der Waals surface area contributed by atoms with Gasteiger partial charge in [-0.05, 0) is 36.6 Å². The standard InChI is InChI=1S/C15H15N5O3S/c1-24(22,23)20-6-2-3-11-7-12(4-5-13(11)20)14(21)9-19-10-17-15(8-16)18-19/h4-5,7,10H,2-3,6,9H2,1H3. The van der Waals surface area contributed by atoms with Crippen LogP contribution in [-0.2, 0) is 23.0 Å². The first-order valence-electron chi connectivity index (χ1n) is 7.32. The fraction of sp³-hybridized carbons (Fsp3) is 0.333. The zero-order chi connectivity index (χ0) is 17.3.